The van der Waals surface area contributed by atoms with Crippen LogP contribution in [0.4, 0.5) is 10.6 Å². The van der Waals surface area contributed by atoms with Gasteiger partial charge in [-0.1, -0.05) is 0 Å². The zero-order chi connectivity index (χ0) is 8.97. The Labute approximate surface area is 70.1 Å². The van der Waals surface area contributed by atoms with Crippen molar-refractivity contribution in [2.24, 2.45) is 0 Å². The first-order valence-corrected chi connectivity index (χ1v) is 3.68. The van der Waals surface area contributed by atoms with E-state index >= 15 is 0 Å². The van der Waals surface area contributed by atoms with Gasteiger partial charge in [-0.05, 0) is 13.8 Å². The van der Waals surface area contributed by atoms with Gasteiger partial charge >= 0.3 is 6.09 Å². The minimum absolute atomic E-state index is 0.356. The van der Waals surface area contributed by atoms with E-state index in [4.69, 9.17) is 0 Å². The predicted molar refractivity (Wildman–Crippen MR) is 44.0 cm³/mol. The molecule has 0 aliphatic heterocycles. The minimum Gasteiger partial charge on any atom is -0.450 e. The van der Waals surface area contributed by atoms with Crippen LogP contribution in [-0.4, -0.2) is 22.9 Å². The SMILES string of the molecule is CCOC(=O)Nc1cc(C)[nH]n1. The van der Waals surface area contributed by atoms with Crippen LogP contribution in [0.25, 0.3) is 0 Å². The third-order valence-corrected chi connectivity index (χ3v) is 1.21. The van der Waals surface area contributed by atoms with E-state index in [0.717, 1.165) is 5.69 Å². The number of hydrogen-bond acceptors (Lipinski definition) is 3. The highest BCUT2D eigenvalue weighted by molar-refractivity contribution is 5.83. The maximum atomic E-state index is 10.8. The number of aromatic amines is 1. The van der Waals surface area contributed by atoms with Crippen LogP contribution < -0.4 is 5.32 Å². The molecule has 1 aromatic rings. The number of H-pyrrole nitrogens is 1. The van der Waals surface area contributed by atoms with E-state index in [1.807, 2.05) is 6.92 Å². The van der Waals surface area contributed by atoms with Crippen molar-refractivity contribution in [1.82, 2.24) is 10.2 Å². The number of carbonyl (C=O) groups excluding carboxylic acids is 1. The Kier molecular flexibility index (Phi) is 2.68. The topological polar surface area (TPSA) is 67.0 Å². The van der Waals surface area contributed by atoms with Crippen LogP contribution >= 0.6 is 0 Å². The number of aromatic nitrogens is 2. The second-order valence-corrected chi connectivity index (χ2v) is 2.28. The third kappa shape index (κ3) is 2.26. The normalized spacial score (nSPS) is 9.50. The molecule has 0 aromatic carbocycles. The first-order valence-electron chi connectivity index (χ1n) is 3.68. The van der Waals surface area contributed by atoms with Crippen molar-refractivity contribution >= 4 is 11.9 Å². The molecule has 66 valence electrons. The second-order valence-electron chi connectivity index (χ2n) is 2.28. The van der Waals surface area contributed by atoms with Crippen molar-refractivity contribution in [3.8, 4) is 0 Å². The number of amides is 1. The predicted octanol–water partition coefficient (Wildman–Crippen LogP) is 1.29. The standard InChI is InChI=1S/C7H11N3O2/c1-3-12-7(11)8-6-4-5(2)9-10-6/h4H,3H2,1-2H3,(H2,8,9,10,11). The molecule has 0 fully saturated rings. The van der Waals surface area contributed by atoms with Crippen molar-refractivity contribution in [3.63, 3.8) is 0 Å². The number of anilines is 1. The van der Waals surface area contributed by atoms with Crippen LogP contribution in [0.5, 0.6) is 0 Å². The number of ether oxygens (including phenoxy) is 1. The molecule has 0 unspecified atom stereocenters. The summed E-state index contributed by atoms with van der Waals surface area (Å²) in [4.78, 5) is 10.8. The maximum absolute atomic E-state index is 10.8. The highest BCUT2D eigenvalue weighted by Crippen LogP contribution is 2.03. The van der Waals surface area contributed by atoms with Gasteiger partial charge in [-0.15, -0.1) is 0 Å². The molecule has 0 saturated heterocycles. The van der Waals surface area contributed by atoms with Gasteiger partial charge in [-0.3, -0.25) is 10.4 Å². The van der Waals surface area contributed by atoms with Gasteiger partial charge < -0.3 is 4.74 Å². The van der Waals surface area contributed by atoms with Gasteiger partial charge in [0, 0.05) is 11.8 Å². The molecule has 0 bridgehead atoms. The molecular formula is C7H11N3O2. The highest BCUT2D eigenvalue weighted by atomic mass is 16.5. The lowest BCUT2D eigenvalue weighted by Gasteiger charge is -1.99. The molecule has 1 amide bonds. The van der Waals surface area contributed by atoms with Crippen molar-refractivity contribution in [3.05, 3.63) is 11.8 Å². The first kappa shape index (κ1) is 8.58. The summed E-state index contributed by atoms with van der Waals surface area (Å²) >= 11 is 0. The van der Waals surface area contributed by atoms with Crippen LogP contribution in [-0.2, 0) is 4.74 Å². The third-order valence-electron chi connectivity index (χ3n) is 1.21. The minimum atomic E-state index is -0.482. The molecule has 0 atom stereocenters. The zero-order valence-corrected chi connectivity index (χ0v) is 7.05. The van der Waals surface area contributed by atoms with Crippen molar-refractivity contribution in [1.29, 1.82) is 0 Å². The summed E-state index contributed by atoms with van der Waals surface area (Å²) in [7, 11) is 0. The maximum Gasteiger partial charge on any atom is 0.412 e. The summed E-state index contributed by atoms with van der Waals surface area (Å²) in [5.74, 6) is 0.478. The van der Waals surface area contributed by atoms with Crippen LogP contribution in [0, 0.1) is 6.92 Å². The summed E-state index contributed by atoms with van der Waals surface area (Å²) in [6, 6.07) is 1.72. The molecule has 0 aliphatic rings. The molecule has 2 N–H and O–H groups in total. The van der Waals surface area contributed by atoms with Crippen molar-refractivity contribution in [2.75, 3.05) is 11.9 Å². The molecule has 1 heterocycles. The van der Waals surface area contributed by atoms with Gasteiger partial charge in [0.05, 0.1) is 6.61 Å². The van der Waals surface area contributed by atoms with Crippen molar-refractivity contribution < 1.29 is 9.53 Å². The molecule has 0 saturated carbocycles. The molecular weight excluding hydrogens is 158 g/mol. The quantitative estimate of drug-likeness (QED) is 0.700. The lowest BCUT2D eigenvalue weighted by Crippen LogP contribution is -2.13. The highest BCUT2D eigenvalue weighted by Gasteiger charge is 2.03. The number of hydrogen-bond donors (Lipinski definition) is 2. The molecule has 1 rings (SSSR count). The summed E-state index contributed by atoms with van der Waals surface area (Å²) in [5.41, 5.74) is 0.891. The van der Waals surface area contributed by atoms with Gasteiger partial charge in [0.15, 0.2) is 5.82 Å². The molecule has 1 aromatic heterocycles. The van der Waals surface area contributed by atoms with Gasteiger partial charge in [0.1, 0.15) is 0 Å². The number of nitrogens with zero attached hydrogens (tertiary/aromatic N) is 1. The lowest BCUT2D eigenvalue weighted by atomic mass is 10.5. The average molecular weight is 169 g/mol. The van der Waals surface area contributed by atoms with E-state index in [-0.39, 0.29) is 0 Å². The number of aryl methyl sites for hydroxylation is 1. The fraction of sp³-hybridized carbons (Fsp3) is 0.429. The first-order chi connectivity index (χ1) is 5.72. The monoisotopic (exact) mass is 169 g/mol. The average Bonchev–Trinajstić information content (AvgIpc) is 2.36. The van der Waals surface area contributed by atoms with Crippen LogP contribution in [0.1, 0.15) is 12.6 Å². The van der Waals surface area contributed by atoms with E-state index in [1.165, 1.54) is 0 Å². The zero-order valence-electron chi connectivity index (χ0n) is 7.05. The van der Waals surface area contributed by atoms with E-state index in [2.05, 4.69) is 20.3 Å². The Morgan fingerprint density at radius 1 is 1.83 bits per heavy atom. The van der Waals surface area contributed by atoms with E-state index in [0.29, 0.717) is 12.4 Å². The molecule has 0 spiro atoms. The second kappa shape index (κ2) is 3.75. The van der Waals surface area contributed by atoms with Crippen LogP contribution in [0.2, 0.25) is 0 Å². The van der Waals surface area contributed by atoms with Crippen molar-refractivity contribution in [2.45, 2.75) is 13.8 Å². The summed E-state index contributed by atoms with van der Waals surface area (Å²) < 4.78 is 4.65. The number of carbonyl (C=O) groups is 1. The van der Waals surface area contributed by atoms with Gasteiger partial charge in [0.25, 0.3) is 0 Å². The lowest BCUT2D eigenvalue weighted by molar-refractivity contribution is 0.168. The molecule has 0 radical (unpaired) electrons. The van der Waals surface area contributed by atoms with E-state index in [9.17, 15) is 4.79 Å². The fourth-order valence-corrected chi connectivity index (χ4v) is 0.754. The van der Waals surface area contributed by atoms with Gasteiger partial charge in [0.2, 0.25) is 0 Å². The Morgan fingerprint density at radius 3 is 3.08 bits per heavy atom. The number of nitrogens with one attached hydrogen (secondary N) is 2. The Morgan fingerprint density at radius 2 is 2.58 bits per heavy atom. The molecule has 12 heavy (non-hydrogen) atoms. The summed E-state index contributed by atoms with van der Waals surface area (Å²) in [5, 5.41) is 8.96. The van der Waals surface area contributed by atoms with E-state index < -0.39 is 6.09 Å². The van der Waals surface area contributed by atoms with Crippen LogP contribution in [0.3, 0.4) is 0 Å². The molecule has 5 heteroatoms. The Bertz CT molecular complexity index is 269. The Balaban J connectivity index is 2.46. The Hall–Kier alpha value is -1.52. The fourth-order valence-electron chi connectivity index (χ4n) is 0.754. The molecule has 5 nitrogen and oxygen atoms in total. The number of rotatable bonds is 2. The van der Waals surface area contributed by atoms with E-state index in [1.54, 1.807) is 13.0 Å². The smallest absolute Gasteiger partial charge is 0.412 e. The van der Waals surface area contributed by atoms with Crippen LogP contribution in [0.15, 0.2) is 6.07 Å². The largest absolute Gasteiger partial charge is 0.450 e. The van der Waals surface area contributed by atoms with Gasteiger partial charge in [-0.25, -0.2) is 4.79 Å². The summed E-state index contributed by atoms with van der Waals surface area (Å²) in [6.07, 6.45) is -0.482. The summed E-state index contributed by atoms with van der Waals surface area (Å²) in [6.45, 7) is 3.95. The molecule has 0 aliphatic carbocycles. The van der Waals surface area contributed by atoms with Gasteiger partial charge in [-0.2, -0.15) is 5.10 Å².